The second-order valence-corrected chi connectivity index (χ2v) is 4.96. The summed E-state index contributed by atoms with van der Waals surface area (Å²) in [5.41, 5.74) is -0.670. The van der Waals surface area contributed by atoms with Crippen molar-refractivity contribution in [2.75, 3.05) is 7.11 Å². The minimum Gasteiger partial charge on any atom is -0.511 e. The Morgan fingerprint density at radius 2 is 1.82 bits per heavy atom. The van der Waals surface area contributed by atoms with Crippen LogP contribution in [0.5, 0.6) is 0 Å². The van der Waals surface area contributed by atoms with Crippen LogP contribution >= 0.6 is 0 Å². The van der Waals surface area contributed by atoms with Crippen LogP contribution in [0.15, 0.2) is 35.6 Å². The van der Waals surface area contributed by atoms with Crippen molar-refractivity contribution in [3.05, 3.63) is 46.7 Å². The number of ether oxygens (including phenoxy) is 1. The number of alkyl halides is 3. The Kier molecular flexibility index (Phi) is 4.25. The van der Waals surface area contributed by atoms with Crippen LogP contribution in [0.2, 0.25) is 0 Å². The summed E-state index contributed by atoms with van der Waals surface area (Å²) in [4.78, 5) is 23.3. The zero-order valence-corrected chi connectivity index (χ0v) is 11.6. The van der Waals surface area contributed by atoms with Crippen LogP contribution in [0.1, 0.15) is 29.9 Å². The van der Waals surface area contributed by atoms with Gasteiger partial charge in [0.1, 0.15) is 11.3 Å². The van der Waals surface area contributed by atoms with E-state index in [-0.39, 0.29) is 18.4 Å². The van der Waals surface area contributed by atoms with Crippen molar-refractivity contribution in [2.45, 2.75) is 24.9 Å². The molecule has 1 aromatic carbocycles. The molecule has 1 aliphatic carbocycles. The summed E-state index contributed by atoms with van der Waals surface area (Å²) in [7, 11) is 1.10. The molecule has 118 valence electrons. The van der Waals surface area contributed by atoms with Gasteiger partial charge in [-0.05, 0) is 23.6 Å². The number of benzene rings is 1. The number of methoxy groups -OCH3 is 1. The number of allylic oxidation sites excluding steroid dienone is 1. The lowest BCUT2D eigenvalue weighted by Gasteiger charge is -2.23. The van der Waals surface area contributed by atoms with E-state index in [9.17, 15) is 27.9 Å². The summed E-state index contributed by atoms with van der Waals surface area (Å²) >= 11 is 0. The number of halogens is 3. The van der Waals surface area contributed by atoms with Gasteiger partial charge in [0.2, 0.25) is 0 Å². The number of ketones is 1. The first-order valence-corrected chi connectivity index (χ1v) is 6.44. The van der Waals surface area contributed by atoms with E-state index in [1.54, 1.807) is 0 Å². The number of aliphatic hydroxyl groups is 1. The first-order chi connectivity index (χ1) is 10.2. The van der Waals surface area contributed by atoms with Crippen LogP contribution in [0.3, 0.4) is 0 Å². The van der Waals surface area contributed by atoms with E-state index in [1.807, 2.05) is 0 Å². The number of esters is 1. The van der Waals surface area contributed by atoms with Crippen molar-refractivity contribution in [3.63, 3.8) is 0 Å². The first kappa shape index (κ1) is 16.1. The van der Waals surface area contributed by atoms with Crippen molar-refractivity contribution in [2.24, 2.45) is 0 Å². The molecule has 0 heterocycles. The molecule has 0 aromatic heterocycles. The Bertz CT molecular complexity index is 629. The third-order valence-electron chi connectivity index (χ3n) is 3.54. The lowest BCUT2D eigenvalue weighted by molar-refractivity contribution is -0.139. The fraction of sp³-hybridized carbons (Fsp3) is 0.333. The second kappa shape index (κ2) is 5.82. The molecule has 1 unspecified atom stereocenters. The number of carbonyl (C=O) groups excluding carboxylic acids is 2. The van der Waals surface area contributed by atoms with Crippen LogP contribution in [0.4, 0.5) is 13.2 Å². The largest absolute Gasteiger partial charge is 0.511 e. The van der Waals surface area contributed by atoms with Gasteiger partial charge in [0.25, 0.3) is 0 Å². The summed E-state index contributed by atoms with van der Waals surface area (Å²) < 4.78 is 42.0. The van der Waals surface area contributed by atoms with Gasteiger partial charge in [0, 0.05) is 12.8 Å². The summed E-state index contributed by atoms with van der Waals surface area (Å²) in [5.74, 6) is -2.36. The van der Waals surface area contributed by atoms with E-state index >= 15 is 0 Å². The van der Waals surface area contributed by atoms with Gasteiger partial charge >= 0.3 is 12.1 Å². The highest BCUT2D eigenvalue weighted by atomic mass is 19.4. The number of Topliss-reactive ketones (excluding diaryl/α,β-unsaturated/α-hetero) is 1. The molecular formula is C15H13F3O4. The third kappa shape index (κ3) is 3.13. The Morgan fingerprint density at radius 3 is 2.27 bits per heavy atom. The molecule has 22 heavy (non-hydrogen) atoms. The molecule has 0 saturated heterocycles. The van der Waals surface area contributed by atoms with E-state index in [1.165, 1.54) is 12.1 Å². The lowest BCUT2D eigenvalue weighted by atomic mass is 9.82. The summed E-state index contributed by atoms with van der Waals surface area (Å²) in [6, 6.07) is 4.40. The molecule has 1 aliphatic rings. The zero-order valence-electron chi connectivity index (χ0n) is 11.6. The molecule has 0 saturated carbocycles. The monoisotopic (exact) mass is 314 g/mol. The predicted octanol–water partition coefficient (Wildman–Crippen LogP) is 3.14. The van der Waals surface area contributed by atoms with Gasteiger partial charge in [0.15, 0.2) is 5.78 Å². The SMILES string of the molecule is COC(=O)C1=C(O)CC(c2ccc(C(F)(F)F)cc2)CC1=O. The normalized spacial score (nSPS) is 19.3. The number of hydrogen-bond donors (Lipinski definition) is 1. The van der Waals surface area contributed by atoms with Crippen LogP contribution in [0, 0.1) is 0 Å². The number of carbonyl (C=O) groups is 2. The van der Waals surface area contributed by atoms with Gasteiger partial charge in [-0.25, -0.2) is 4.79 Å². The maximum Gasteiger partial charge on any atom is 0.416 e. The molecule has 1 atom stereocenters. The van der Waals surface area contributed by atoms with Crippen molar-refractivity contribution < 1.29 is 32.6 Å². The Hall–Kier alpha value is -2.31. The van der Waals surface area contributed by atoms with Gasteiger partial charge in [0.05, 0.1) is 12.7 Å². The van der Waals surface area contributed by atoms with Crippen molar-refractivity contribution in [1.29, 1.82) is 0 Å². The van der Waals surface area contributed by atoms with Crippen LogP contribution < -0.4 is 0 Å². The highest BCUT2D eigenvalue weighted by Gasteiger charge is 2.34. The van der Waals surface area contributed by atoms with E-state index < -0.39 is 35.2 Å². The zero-order chi connectivity index (χ0) is 16.5. The second-order valence-electron chi connectivity index (χ2n) is 4.96. The highest BCUT2D eigenvalue weighted by Crippen LogP contribution is 2.36. The maximum absolute atomic E-state index is 12.5. The summed E-state index contributed by atoms with van der Waals surface area (Å²) in [5, 5.41) is 9.83. The van der Waals surface area contributed by atoms with Gasteiger partial charge in [-0.15, -0.1) is 0 Å². The minimum absolute atomic E-state index is 0.00153. The number of rotatable bonds is 2. The summed E-state index contributed by atoms with van der Waals surface area (Å²) in [6.07, 6.45) is -4.50. The highest BCUT2D eigenvalue weighted by molar-refractivity contribution is 6.18. The molecule has 0 amide bonds. The molecule has 0 fully saturated rings. The molecule has 7 heteroatoms. The van der Waals surface area contributed by atoms with Crippen molar-refractivity contribution in [3.8, 4) is 0 Å². The van der Waals surface area contributed by atoms with Crippen LogP contribution in [-0.2, 0) is 20.5 Å². The van der Waals surface area contributed by atoms with Gasteiger partial charge in [-0.1, -0.05) is 12.1 Å². The predicted molar refractivity (Wildman–Crippen MR) is 70.1 cm³/mol. The Labute approximate surface area is 124 Å². The first-order valence-electron chi connectivity index (χ1n) is 6.44. The Morgan fingerprint density at radius 1 is 1.23 bits per heavy atom. The van der Waals surface area contributed by atoms with E-state index in [0.29, 0.717) is 5.56 Å². The van der Waals surface area contributed by atoms with Crippen LogP contribution in [0.25, 0.3) is 0 Å². The molecule has 0 bridgehead atoms. The fourth-order valence-electron chi connectivity index (χ4n) is 2.41. The number of hydrogen-bond acceptors (Lipinski definition) is 4. The smallest absolute Gasteiger partial charge is 0.416 e. The van der Waals surface area contributed by atoms with Gasteiger partial charge < -0.3 is 9.84 Å². The topological polar surface area (TPSA) is 63.6 Å². The van der Waals surface area contributed by atoms with Gasteiger partial charge in [-0.2, -0.15) is 13.2 Å². The standard InChI is InChI=1S/C15H13F3O4/c1-22-14(21)13-11(19)6-9(7-12(13)20)8-2-4-10(5-3-8)15(16,17)18/h2-5,9,19H,6-7H2,1H3. The average molecular weight is 314 g/mol. The molecular weight excluding hydrogens is 301 g/mol. The van der Waals surface area contributed by atoms with E-state index in [4.69, 9.17) is 0 Å². The maximum atomic E-state index is 12.5. The van der Waals surface area contributed by atoms with Gasteiger partial charge in [-0.3, -0.25) is 4.79 Å². The Balaban J connectivity index is 2.24. The quantitative estimate of drug-likeness (QED) is 0.673. The van der Waals surface area contributed by atoms with Crippen molar-refractivity contribution >= 4 is 11.8 Å². The molecule has 0 radical (unpaired) electrons. The molecule has 0 spiro atoms. The molecule has 2 rings (SSSR count). The van der Waals surface area contributed by atoms with E-state index in [2.05, 4.69) is 4.74 Å². The fourth-order valence-corrected chi connectivity index (χ4v) is 2.41. The lowest BCUT2D eigenvalue weighted by Crippen LogP contribution is -2.24. The minimum atomic E-state index is -4.43. The molecule has 1 N–H and O–H groups in total. The van der Waals surface area contributed by atoms with E-state index in [0.717, 1.165) is 19.2 Å². The molecule has 0 aliphatic heterocycles. The van der Waals surface area contributed by atoms with Crippen molar-refractivity contribution in [1.82, 2.24) is 0 Å². The van der Waals surface area contributed by atoms with Crippen LogP contribution in [-0.4, -0.2) is 24.0 Å². The summed E-state index contributed by atoms with van der Waals surface area (Å²) in [6.45, 7) is 0. The average Bonchev–Trinajstić information content (AvgIpc) is 2.45. The third-order valence-corrected chi connectivity index (χ3v) is 3.54. The molecule has 1 aromatic rings. The molecule has 4 nitrogen and oxygen atoms in total. The number of aliphatic hydroxyl groups excluding tert-OH is 1.